The number of unbranched alkanes of at least 4 members (excludes halogenated alkanes) is 46. The Kier molecular flexibility index (Phi) is 65.6. The second-order valence-corrected chi connectivity index (χ2v) is 23.8. The zero-order chi connectivity index (χ0) is 57.1. The molecule has 0 aliphatic carbocycles. The van der Waals surface area contributed by atoms with Crippen molar-refractivity contribution in [1.29, 1.82) is 0 Å². The van der Waals surface area contributed by atoms with Gasteiger partial charge in [0.2, 0.25) is 0 Å². The Morgan fingerprint density at radius 3 is 0.722 bits per heavy atom. The molecule has 0 radical (unpaired) electrons. The molecule has 0 rings (SSSR count). The number of rotatable bonds is 65. The van der Waals surface area contributed by atoms with Crippen molar-refractivity contribution in [2.75, 3.05) is 13.2 Å². The molecule has 79 heavy (non-hydrogen) atoms. The van der Waals surface area contributed by atoms with Crippen molar-refractivity contribution >= 4 is 17.9 Å². The number of allylic oxidation sites excluding steroid dienone is 8. The molecule has 0 saturated carbocycles. The average molecular weight is 1110 g/mol. The fourth-order valence-electron chi connectivity index (χ4n) is 10.5. The molecule has 6 nitrogen and oxygen atoms in total. The Morgan fingerprint density at radius 1 is 0.253 bits per heavy atom. The van der Waals surface area contributed by atoms with Crippen LogP contribution in [0.5, 0.6) is 0 Å². The van der Waals surface area contributed by atoms with Gasteiger partial charge in [0.25, 0.3) is 0 Å². The Hall–Kier alpha value is -2.63. The number of hydrogen-bond donors (Lipinski definition) is 0. The number of ether oxygens (including phenoxy) is 3. The molecule has 1 atom stereocenters. The van der Waals surface area contributed by atoms with Crippen molar-refractivity contribution < 1.29 is 28.6 Å². The highest BCUT2D eigenvalue weighted by molar-refractivity contribution is 5.71. The summed E-state index contributed by atoms with van der Waals surface area (Å²) in [6.07, 6.45) is 86.3. The lowest BCUT2D eigenvalue weighted by molar-refractivity contribution is -0.167. The largest absolute Gasteiger partial charge is 0.462 e. The molecule has 0 fully saturated rings. The van der Waals surface area contributed by atoms with Crippen molar-refractivity contribution in [1.82, 2.24) is 0 Å². The van der Waals surface area contributed by atoms with Crippen molar-refractivity contribution in [3.63, 3.8) is 0 Å². The van der Waals surface area contributed by atoms with Crippen LogP contribution in [0.1, 0.15) is 380 Å². The van der Waals surface area contributed by atoms with Crippen LogP contribution in [0.15, 0.2) is 48.6 Å². The molecule has 0 aliphatic heterocycles. The van der Waals surface area contributed by atoms with Crippen LogP contribution >= 0.6 is 0 Å². The van der Waals surface area contributed by atoms with Gasteiger partial charge in [0.15, 0.2) is 6.10 Å². The van der Waals surface area contributed by atoms with Crippen molar-refractivity contribution in [3.05, 3.63) is 48.6 Å². The lowest BCUT2D eigenvalue weighted by atomic mass is 10.0. The first-order chi connectivity index (χ1) is 39.0. The quantitative estimate of drug-likeness (QED) is 0.0261. The Bertz CT molecular complexity index is 1360. The van der Waals surface area contributed by atoms with Gasteiger partial charge in [-0.1, -0.05) is 326 Å². The first-order valence-corrected chi connectivity index (χ1v) is 35.1. The zero-order valence-corrected chi connectivity index (χ0v) is 53.2. The van der Waals surface area contributed by atoms with Gasteiger partial charge in [0.05, 0.1) is 0 Å². The predicted octanol–water partition coefficient (Wildman–Crippen LogP) is 24.1. The van der Waals surface area contributed by atoms with Crippen LogP contribution in [0.4, 0.5) is 0 Å². The van der Waals surface area contributed by atoms with E-state index in [1.165, 1.54) is 263 Å². The molecular weight excluding hydrogens is 973 g/mol. The van der Waals surface area contributed by atoms with E-state index < -0.39 is 6.10 Å². The third-order valence-electron chi connectivity index (χ3n) is 15.8. The van der Waals surface area contributed by atoms with Gasteiger partial charge >= 0.3 is 17.9 Å². The zero-order valence-electron chi connectivity index (χ0n) is 53.2. The highest BCUT2D eigenvalue weighted by Gasteiger charge is 2.19. The minimum atomic E-state index is -0.771. The lowest BCUT2D eigenvalue weighted by Gasteiger charge is -2.18. The van der Waals surface area contributed by atoms with Crippen LogP contribution in [-0.2, 0) is 28.6 Å². The Balaban J connectivity index is 3.94. The van der Waals surface area contributed by atoms with E-state index in [4.69, 9.17) is 14.2 Å². The molecule has 6 heteroatoms. The number of hydrogen-bond acceptors (Lipinski definition) is 6. The summed E-state index contributed by atoms with van der Waals surface area (Å²) in [5.41, 5.74) is 0. The van der Waals surface area contributed by atoms with Gasteiger partial charge in [-0.2, -0.15) is 0 Å². The average Bonchev–Trinajstić information content (AvgIpc) is 3.45. The maximum absolute atomic E-state index is 12.8. The van der Waals surface area contributed by atoms with Gasteiger partial charge < -0.3 is 14.2 Å². The Labute approximate surface area is 492 Å². The molecule has 0 aromatic heterocycles. The van der Waals surface area contributed by atoms with E-state index in [1.54, 1.807) is 0 Å². The van der Waals surface area contributed by atoms with Crippen LogP contribution in [0.3, 0.4) is 0 Å². The van der Waals surface area contributed by atoms with E-state index in [2.05, 4.69) is 69.4 Å². The molecule has 0 amide bonds. The van der Waals surface area contributed by atoms with E-state index in [0.29, 0.717) is 19.3 Å². The number of carbonyl (C=O) groups excluding carboxylic acids is 3. The minimum Gasteiger partial charge on any atom is -0.462 e. The second-order valence-electron chi connectivity index (χ2n) is 23.8. The SMILES string of the molecule is CCCCCCC/C=C\C/C=C\C/C=C\CCCCCCCCCCCCC(=O)OC(COC(=O)CCCCCCC)COC(=O)CCCCCCCCCCCCCCCCCCCCC/C=C\CCCCCCCCCC. The lowest BCUT2D eigenvalue weighted by Crippen LogP contribution is -2.30. The van der Waals surface area contributed by atoms with E-state index in [-0.39, 0.29) is 31.1 Å². The molecule has 0 heterocycles. The van der Waals surface area contributed by atoms with Gasteiger partial charge in [-0.3, -0.25) is 14.4 Å². The van der Waals surface area contributed by atoms with Crippen LogP contribution in [0.2, 0.25) is 0 Å². The maximum Gasteiger partial charge on any atom is 0.306 e. The summed E-state index contributed by atoms with van der Waals surface area (Å²) in [7, 11) is 0. The van der Waals surface area contributed by atoms with Gasteiger partial charge in [-0.05, 0) is 83.5 Å². The van der Waals surface area contributed by atoms with E-state index in [0.717, 1.165) is 77.0 Å². The maximum atomic E-state index is 12.8. The second kappa shape index (κ2) is 67.9. The van der Waals surface area contributed by atoms with Gasteiger partial charge in [0.1, 0.15) is 13.2 Å². The third kappa shape index (κ3) is 66.1. The topological polar surface area (TPSA) is 78.9 Å². The minimum absolute atomic E-state index is 0.0711. The van der Waals surface area contributed by atoms with E-state index >= 15 is 0 Å². The highest BCUT2D eigenvalue weighted by atomic mass is 16.6. The molecule has 0 N–H and O–H groups in total. The summed E-state index contributed by atoms with van der Waals surface area (Å²) in [6, 6.07) is 0. The first kappa shape index (κ1) is 76.4. The van der Waals surface area contributed by atoms with E-state index in [9.17, 15) is 14.4 Å². The monoisotopic (exact) mass is 1110 g/mol. The van der Waals surface area contributed by atoms with Crippen molar-refractivity contribution in [3.8, 4) is 0 Å². The molecule has 0 spiro atoms. The fourth-order valence-corrected chi connectivity index (χ4v) is 10.5. The Morgan fingerprint density at radius 2 is 0.456 bits per heavy atom. The molecule has 462 valence electrons. The van der Waals surface area contributed by atoms with Gasteiger partial charge in [0, 0.05) is 19.3 Å². The fraction of sp³-hybridized carbons (Fsp3) is 0.849. The number of esters is 3. The van der Waals surface area contributed by atoms with Crippen LogP contribution in [0.25, 0.3) is 0 Å². The summed E-state index contributed by atoms with van der Waals surface area (Å²) in [4.78, 5) is 38.0. The van der Waals surface area contributed by atoms with Crippen molar-refractivity contribution in [2.24, 2.45) is 0 Å². The van der Waals surface area contributed by atoms with Crippen LogP contribution in [0, 0.1) is 0 Å². The van der Waals surface area contributed by atoms with Gasteiger partial charge in [-0.15, -0.1) is 0 Å². The molecule has 0 bridgehead atoms. The summed E-state index contributed by atoms with van der Waals surface area (Å²) >= 11 is 0. The smallest absolute Gasteiger partial charge is 0.306 e. The standard InChI is InChI=1S/C73H134O6/c1-4-7-10-13-15-17-19-21-23-25-27-29-31-33-34-35-36-37-38-40-41-43-45-47-49-51-53-55-57-60-63-66-72(75)78-69-70(68-77-71(74)65-62-59-12-9-6-3)79-73(76)67-64-61-58-56-54-52-50-48-46-44-42-39-32-30-28-26-24-22-20-18-16-14-11-8-5-2/h20,22,25-28,32,39,70H,4-19,21,23-24,29-31,33-38,40-69H2,1-3H3/b22-20-,27-25-,28-26-,39-32-. The molecule has 0 aromatic rings. The predicted molar refractivity (Wildman–Crippen MR) is 344 cm³/mol. The molecule has 0 aromatic carbocycles. The molecule has 1 unspecified atom stereocenters. The third-order valence-corrected chi connectivity index (χ3v) is 15.8. The number of carbonyl (C=O) groups is 3. The van der Waals surface area contributed by atoms with E-state index in [1.807, 2.05) is 0 Å². The van der Waals surface area contributed by atoms with Crippen LogP contribution in [-0.4, -0.2) is 37.2 Å². The normalized spacial score (nSPS) is 12.3. The first-order valence-electron chi connectivity index (χ1n) is 35.1. The van der Waals surface area contributed by atoms with Crippen LogP contribution < -0.4 is 0 Å². The summed E-state index contributed by atoms with van der Waals surface area (Å²) in [5, 5.41) is 0. The van der Waals surface area contributed by atoms with Crippen molar-refractivity contribution in [2.45, 2.75) is 386 Å². The summed E-state index contributed by atoms with van der Waals surface area (Å²) in [6.45, 7) is 6.60. The molecule has 0 saturated heterocycles. The summed E-state index contributed by atoms with van der Waals surface area (Å²) < 4.78 is 16.8. The molecule has 0 aliphatic rings. The molecular formula is C73H134O6. The van der Waals surface area contributed by atoms with Gasteiger partial charge in [-0.25, -0.2) is 0 Å². The summed E-state index contributed by atoms with van der Waals surface area (Å²) in [5.74, 6) is -0.868. The highest BCUT2D eigenvalue weighted by Crippen LogP contribution is 2.18.